The number of hydrogen-bond acceptors (Lipinski definition) is 4. The molecule has 0 bridgehead atoms. The summed E-state index contributed by atoms with van der Waals surface area (Å²) >= 11 is 3.32. The average molecular weight is 354 g/mol. The first-order valence-corrected chi connectivity index (χ1v) is 6.96. The molecule has 0 spiro atoms. The average Bonchev–Trinajstić information content (AvgIpc) is 2.45. The minimum Gasteiger partial charge on any atom is -0.490 e. The van der Waals surface area contributed by atoms with Gasteiger partial charge in [-0.05, 0) is 42.5 Å². The largest absolute Gasteiger partial charge is 0.490 e. The second-order valence-electron chi connectivity index (χ2n) is 4.17. The molecule has 0 aliphatic rings. The van der Waals surface area contributed by atoms with Crippen LogP contribution in [0, 0.1) is 5.82 Å². The molecule has 0 aliphatic carbocycles. The Morgan fingerprint density at radius 2 is 1.86 bits per heavy atom. The Hall–Kier alpha value is -2.08. The van der Waals surface area contributed by atoms with Crippen molar-refractivity contribution < 1.29 is 18.7 Å². The maximum Gasteiger partial charge on any atom is 0.340 e. The van der Waals surface area contributed by atoms with E-state index >= 15 is 0 Å². The third-order valence-electron chi connectivity index (χ3n) is 2.63. The highest BCUT2D eigenvalue weighted by molar-refractivity contribution is 9.10. The zero-order chi connectivity index (χ0) is 15.2. The molecule has 21 heavy (non-hydrogen) atoms. The van der Waals surface area contributed by atoms with Crippen LogP contribution in [0.5, 0.6) is 5.75 Å². The lowest BCUT2D eigenvalue weighted by Crippen LogP contribution is -2.13. The predicted molar refractivity (Wildman–Crippen MR) is 80.7 cm³/mol. The van der Waals surface area contributed by atoms with Crippen LogP contribution in [0.15, 0.2) is 46.9 Å². The number of nitrogen functional groups attached to an aromatic ring is 1. The number of esters is 1. The number of anilines is 1. The number of hydrogen-bond donors (Lipinski definition) is 1. The first kappa shape index (κ1) is 15.3. The van der Waals surface area contributed by atoms with Crippen molar-refractivity contribution in [2.45, 2.75) is 0 Å². The van der Waals surface area contributed by atoms with E-state index in [1.807, 2.05) is 12.1 Å². The van der Waals surface area contributed by atoms with Crippen LogP contribution >= 0.6 is 15.9 Å². The maximum absolute atomic E-state index is 12.9. The van der Waals surface area contributed by atoms with E-state index in [4.69, 9.17) is 15.2 Å². The zero-order valence-electron chi connectivity index (χ0n) is 11.0. The number of carbonyl (C=O) groups excluding carboxylic acids is 1. The summed E-state index contributed by atoms with van der Waals surface area (Å²) in [7, 11) is 0. The highest BCUT2D eigenvalue weighted by atomic mass is 79.9. The Kier molecular flexibility index (Phi) is 5.16. The van der Waals surface area contributed by atoms with E-state index in [1.54, 1.807) is 12.1 Å². The smallest absolute Gasteiger partial charge is 0.340 e. The monoisotopic (exact) mass is 353 g/mol. The van der Waals surface area contributed by atoms with Gasteiger partial charge in [0.15, 0.2) is 0 Å². The summed E-state index contributed by atoms with van der Waals surface area (Å²) in [5, 5.41) is 0. The molecule has 0 aromatic heterocycles. The Labute approximate surface area is 129 Å². The summed E-state index contributed by atoms with van der Waals surface area (Å²) in [6.07, 6.45) is 0. The molecule has 0 heterocycles. The van der Waals surface area contributed by atoms with Gasteiger partial charge in [0.05, 0.1) is 5.56 Å². The molecular weight excluding hydrogens is 341 g/mol. The normalized spacial score (nSPS) is 10.2. The summed E-state index contributed by atoms with van der Waals surface area (Å²) in [5.41, 5.74) is 5.74. The molecule has 0 aliphatic heterocycles. The fourth-order valence-electron chi connectivity index (χ4n) is 1.62. The fraction of sp³-hybridized carbons (Fsp3) is 0.133. The van der Waals surface area contributed by atoms with E-state index < -0.39 is 11.8 Å². The predicted octanol–water partition coefficient (Wildman–Crippen LogP) is 3.41. The van der Waals surface area contributed by atoms with Crippen LogP contribution in [0.25, 0.3) is 0 Å². The maximum atomic E-state index is 12.9. The zero-order valence-corrected chi connectivity index (χ0v) is 12.6. The van der Waals surface area contributed by atoms with Crippen molar-refractivity contribution in [3.05, 3.63) is 58.3 Å². The molecule has 0 atom stereocenters. The number of benzene rings is 2. The van der Waals surface area contributed by atoms with Gasteiger partial charge in [0.25, 0.3) is 0 Å². The van der Waals surface area contributed by atoms with Gasteiger partial charge >= 0.3 is 5.97 Å². The quantitative estimate of drug-likeness (QED) is 0.508. The topological polar surface area (TPSA) is 61.6 Å². The van der Waals surface area contributed by atoms with Gasteiger partial charge in [-0.1, -0.05) is 15.9 Å². The van der Waals surface area contributed by atoms with Gasteiger partial charge < -0.3 is 15.2 Å². The molecular formula is C15H13BrFNO3. The lowest BCUT2D eigenvalue weighted by atomic mass is 10.2. The molecule has 0 unspecified atom stereocenters. The molecule has 0 radical (unpaired) electrons. The Morgan fingerprint density at radius 3 is 2.52 bits per heavy atom. The Balaban J connectivity index is 1.80. The van der Waals surface area contributed by atoms with Crippen molar-refractivity contribution in [2.75, 3.05) is 18.9 Å². The van der Waals surface area contributed by atoms with Crippen LogP contribution < -0.4 is 10.5 Å². The highest BCUT2D eigenvalue weighted by Crippen LogP contribution is 2.16. The van der Waals surface area contributed by atoms with Gasteiger partial charge in [-0.2, -0.15) is 0 Å². The SMILES string of the molecule is Nc1cc(F)ccc1C(=O)OCCOc1ccc(Br)cc1. The van der Waals surface area contributed by atoms with E-state index in [0.717, 1.165) is 16.6 Å². The molecule has 4 nitrogen and oxygen atoms in total. The first-order chi connectivity index (χ1) is 10.1. The van der Waals surface area contributed by atoms with Crippen molar-refractivity contribution in [3.63, 3.8) is 0 Å². The minimum atomic E-state index is -0.605. The summed E-state index contributed by atoms with van der Waals surface area (Å²) in [4.78, 5) is 11.7. The van der Waals surface area contributed by atoms with E-state index in [1.165, 1.54) is 6.07 Å². The van der Waals surface area contributed by atoms with Gasteiger partial charge in [0, 0.05) is 10.2 Å². The van der Waals surface area contributed by atoms with Crippen LogP contribution in [0.3, 0.4) is 0 Å². The fourth-order valence-corrected chi connectivity index (χ4v) is 1.89. The molecule has 2 N–H and O–H groups in total. The van der Waals surface area contributed by atoms with Crippen molar-refractivity contribution in [1.82, 2.24) is 0 Å². The molecule has 2 aromatic carbocycles. The Morgan fingerprint density at radius 1 is 1.14 bits per heavy atom. The van der Waals surface area contributed by atoms with E-state index in [0.29, 0.717) is 5.75 Å². The number of carbonyl (C=O) groups is 1. The van der Waals surface area contributed by atoms with Gasteiger partial charge in [-0.3, -0.25) is 0 Å². The number of ether oxygens (including phenoxy) is 2. The second kappa shape index (κ2) is 7.08. The summed E-state index contributed by atoms with van der Waals surface area (Å²) < 4.78 is 24.3. The third-order valence-corrected chi connectivity index (χ3v) is 3.16. The number of nitrogens with two attached hydrogens (primary N) is 1. The number of halogens is 2. The van der Waals surface area contributed by atoms with Crippen molar-refractivity contribution >= 4 is 27.6 Å². The van der Waals surface area contributed by atoms with Crippen LogP contribution in [0.4, 0.5) is 10.1 Å². The van der Waals surface area contributed by atoms with E-state index in [9.17, 15) is 9.18 Å². The lowest BCUT2D eigenvalue weighted by Gasteiger charge is -2.08. The summed E-state index contributed by atoms with van der Waals surface area (Å²) in [6, 6.07) is 10.8. The van der Waals surface area contributed by atoms with Gasteiger partial charge in [-0.25, -0.2) is 9.18 Å². The third kappa shape index (κ3) is 4.46. The molecule has 110 valence electrons. The molecule has 0 saturated heterocycles. The highest BCUT2D eigenvalue weighted by Gasteiger charge is 2.11. The lowest BCUT2D eigenvalue weighted by molar-refractivity contribution is 0.0451. The molecule has 2 rings (SSSR count). The van der Waals surface area contributed by atoms with E-state index in [2.05, 4.69) is 15.9 Å². The summed E-state index contributed by atoms with van der Waals surface area (Å²) in [5.74, 6) is -0.426. The van der Waals surface area contributed by atoms with Crippen molar-refractivity contribution in [1.29, 1.82) is 0 Å². The number of rotatable bonds is 5. The summed E-state index contributed by atoms with van der Waals surface area (Å²) in [6.45, 7) is 0.292. The Bertz CT molecular complexity index is 631. The molecule has 0 amide bonds. The van der Waals surface area contributed by atoms with Crippen molar-refractivity contribution in [2.24, 2.45) is 0 Å². The van der Waals surface area contributed by atoms with Crippen LogP contribution in [-0.2, 0) is 4.74 Å². The van der Waals surface area contributed by atoms with Gasteiger partial charge in [-0.15, -0.1) is 0 Å². The van der Waals surface area contributed by atoms with Crippen LogP contribution in [-0.4, -0.2) is 19.2 Å². The standard InChI is InChI=1S/C15H13BrFNO3/c16-10-1-4-12(5-2-10)20-7-8-21-15(19)13-6-3-11(17)9-14(13)18/h1-6,9H,7-8,18H2. The minimum absolute atomic E-state index is 0.0498. The van der Waals surface area contributed by atoms with Crippen LogP contribution in [0.2, 0.25) is 0 Å². The van der Waals surface area contributed by atoms with Gasteiger partial charge in [0.1, 0.15) is 24.8 Å². The second-order valence-corrected chi connectivity index (χ2v) is 5.09. The molecule has 0 saturated carbocycles. The van der Waals surface area contributed by atoms with Crippen LogP contribution in [0.1, 0.15) is 10.4 Å². The molecule has 0 fully saturated rings. The molecule has 6 heteroatoms. The first-order valence-electron chi connectivity index (χ1n) is 6.17. The van der Waals surface area contributed by atoms with E-state index in [-0.39, 0.29) is 24.5 Å². The van der Waals surface area contributed by atoms with Crippen molar-refractivity contribution in [3.8, 4) is 5.75 Å². The van der Waals surface area contributed by atoms with Gasteiger partial charge in [0.2, 0.25) is 0 Å². The molecule has 2 aromatic rings.